The van der Waals surface area contributed by atoms with Crippen molar-refractivity contribution in [2.24, 2.45) is 5.92 Å². The van der Waals surface area contributed by atoms with E-state index in [1.165, 1.54) is 47.0 Å². The lowest BCUT2D eigenvalue weighted by Gasteiger charge is -2.30. The number of pyridine rings is 1. The number of benzene rings is 3. The summed E-state index contributed by atoms with van der Waals surface area (Å²) in [6.07, 6.45) is 4.72. The highest BCUT2D eigenvalue weighted by molar-refractivity contribution is 7.92. The molecule has 0 unspecified atom stereocenters. The van der Waals surface area contributed by atoms with Gasteiger partial charge in [0.25, 0.3) is 0 Å². The van der Waals surface area contributed by atoms with Crippen LogP contribution in [0.25, 0.3) is 0 Å². The van der Waals surface area contributed by atoms with Gasteiger partial charge in [-0.1, -0.05) is 59.6 Å². The van der Waals surface area contributed by atoms with Crippen LogP contribution in [0, 0.1) is 5.92 Å². The van der Waals surface area contributed by atoms with Crippen molar-refractivity contribution in [1.82, 2.24) is 9.88 Å². The molecule has 2 heterocycles. The second-order valence-electron chi connectivity index (χ2n) is 13.3. The lowest BCUT2D eigenvalue weighted by Crippen LogP contribution is -2.43. The van der Waals surface area contributed by atoms with E-state index in [-0.39, 0.29) is 58.1 Å². The molecule has 16 heteroatoms. The molecule has 2 aliphatic rings. The fourth-order valence-electron chi connectivity index (χ4n) is 5.98. The number of hydrogen-bond donors (Lipinski definition) is 0. The maximum absolute atomic E-state index is 14.3. The van der Waals surface area contributed by atoms with Gasteiger partial charge in [-0.15, -0.1) is 0 Å². The van der Waals surface area contributed by atoms with Crippen LogP contribution in [0.15, 0.2) is 79.1 Å². The number of esters is 1. The van der Waals surface area contributed by atoms with Crippen LogP contribution >= 0.6 is 23.2 Å². The van der Waals surface area contributed by atoms with Gasteiger partial charge in [-0.05, 0) is 59.7 Å². The molecule has 1 aromatic heterocycles. The topological polar surface area (TPSA) is 117 Å². The first-order chi connectivity index (χ1) is 26.4. The van der Waals surface area contributed by atoms with Crippen LogP contribution in [0.3, 0.4) is 0 Å². The quantitative estimate of drug-likeness (QED) is 0.0930. The first-order valence-corrected chi connectivity index (χ1v) is 20.3. The molecule has 0 N–H and O–H groups in total. The number of ether oxygens (including phenoxy) is 5. The van der Waals surface area contributed by atoms with Crippen LogP contribution in [0.1, 0.15) is 46.0 Å². The summed E-state index contributed by atoms with van der Waals surface area (Å²) < 4.78 is 82.8. The Morgan fingerprint density at radius 2 is 1.71 bits per heavy atom. The molecule has 1 atom stereocenters. The Bertz CT molecular complexity index is 2020. The van der Waals surface area contributed by atoms with Crippen molar-refractivity contribution in [3.63, 3.8) is 0 Å². The zero-order valence-corrected chi connectivity index (χ0v) is 32.4. The van der Waals surface area contributed by atoms with E-state index in [0.29, 0.717) is 56.5 Å². The Morgan fingerprint density at radius 1 is 0.982 bits per heavy atom. The monoisotopic (exact) mass is 819 g/mol. The molecule has 4 aromatic rings. The Balaban J connectivity index is 1.35. The summed E-state index contributed by atoms with van der Waals surface area (Å²) in [7, 11) is -3.83. The Kier molecular flexibility index (Phi) is 13.7. The number of alkyl halides is 2. The van der Waals surface area contributed by atoms with E-state index in [1.54, 1.807) is 6.07 Å². The molecule has 1 aliphatic heterocycles. The van der Waals surface area contributed by atoms with Gasteiger partial charge in [0.15, 0.2) is 11.5 Å². The highest BCUT2D eigenvalue weighted by Gasteiger charge is 2.28. The van der Waals surface area contributed by atoms with Crippen molar-refractivity contribution in [2.45, 2.75) is 38.6 Å². The summed E-state index contributed by atoms with van der Waals surface area (Å²) >= 11 is 13.0. The number of sulfonamides is 1. The van der Waals surface area contributed by atoms with Crippen LogP contribution in [0.5, 0.6) is 17.2 Å². The predicted molar refractivity (Wildman–Crippen MR) is 204 cm³/mol. The fraction of sp³-hybridized carbons (Fsp3) is 0.385. The van der Waals surface area contributed by atoms with Crippen LogP contribution < -0.4 is 18.5 Å². The van der Waals surface area contributed by atoms with Crippen molar-refractivity contribution >= 4 is 44.9 Å². The average Bonchev–Trinajstić information content (AvgIpc) is 3.99. The van der Waals surface area contributed by atoms with Gasteiger partial charge < -0.3 is 23.7 Å². The summed E-state index contributed by atoms with van der Waals surface area (Å²) in [6.45, 7) is 0.291. The number of rotatable bonds is 18. The first kappa shape index (κ1) is 40.5. The van der Waals surface area contributed by atoms with Crippen molar-refractivity contribution < 1.29 is 45.7 Å². The maximum Gasteiger partial charge on any atom is 0.387 e. The Morgan fingerprint density at radius 3 is 2.38 bits per heavy atom. The molecule has 1 aliphatic carbocycles. The normalized spacial score (nSPS) is 15.4. The molecule has 0 spiro atoms. The molecule has 55 heavy (non-hydrogen) atoms. The third-order valence-corrected chi connectivity index (χ3v) is 11.0. The highest BCUT2D eigenvalue weighted by atomic mass is 35.5. The number of nitrogens with zero attached hydrogens (tertiary/aromatic N) is 3. The maximum atomic E-state index is 14.3. The summed E-state index contributed by atoms with van der Waals surface area (Å²) in [5, 5.41) is 0.443. The standard InChI is InChI=1S/C39H41Cl2F2N3O8S/c1-55(48,49)46(12-11-45-13-15-50-16-14-45)30-17-29(18-31(20-30)51-24-26-5-3-2-4-6-26)38(47)53-36(21-32-33(40)22-44-23-34(32)41)28-9-10-35(54-39(42)43)37(19-28)52-25-27-7-8-27/h2-6,9-10,17-20,22-23,27,36,39H,7-8,11-16,21,24-25H2,1H3/t36-/m0/s1. The van der Waals surface area contributed by atoms with Gasteiger partial charge in [0.05, 0.1) is 47.4 Å². The minimum absolute atomic E-state index is 0.000340. The van der Waals surface area contributed by atoms with Crippen LogP contribution in [-0.2, 0) is 32.5 Å². The SMILES string of the molecule is CS(=O)(=O)N(CCN1CCOCC1)c1cc(OCc2ccccc2)cc(C(=O)O[C@@H](Cc2c(Cl)cncc2Cl)c2ccc(OC(F)F)c(OCC3CC3)c2)c1. The van der Waals surface area contributed by atoms with Gasteiger partial charge in [-0.3, -0.25) is 14.2 Å². The van der Waals surface area contributed by atoms with E-state index in [4.69, 9.17) is 46.9 Å². The molecule has 0 bridgehead atoms. The van der Waals surface area contributed by atoms with Crippen LogP contribution in [0.4, 0.5) is 14.5 Å². The fourth-order valence-corrected chi connectivity index (χ4v) is 7.40. The van der Waals surface area contributed by atoms with Crippen molar-refractivity contribution in [1.29, 1.82) is 0 Å². The lowest BCUT2D eigenvalue weighted by molar-refractivity contribution is -0.0515. The summed E-state index contributed by atoms with van der Waals surface area (Å²) in [5.41, 5.74) is 1.87. The number of carbonyl (C=O) groups excluding carboxylic acids is 1. The van der Waals surface area contributed by atoms with E-state index >= 15 is 0 Å². The molecule has 2 fully saturated rings. The van der Waals surface area contributed by atoms with Gasteiger partial charge >= 0.3 is 12.6 Å². The number of halogens is 4. The van der Waals surface area contributed by atoms with Crippen LogP contribution in [0.2, 0.25) is 10.0 Å². The molecule has 1 saturated heterocycles. The molecule has 11 nitrogen and oxygen atoms in total. The molecule has 0 radical (unpaired) electrons. The third kappa shape index (κ3) is 11.7. The van der Waals surface area contributed by atoms with Gasteiger partial charge in [0.1, 0.15) is 18.5 Å². The minimum atomic E-state index is -3.83. The molecule has 1 saturated carbocycles. The average molecular weight is 821 g/mol. The zero-order chi connectivity index (χ0) is 39.0. The second kappa shape index (κ2) is 18.6. The molecule has 6 rings (SSSR count). The number of carbonyl (C=O) groups is 1. The van der Waals surface area contributed by atoms with Gasteiger partial charge in [0, 0.05) is 51.1 Å². The minimum Gasteiger partial charge on any atom is -0.489 e. The van der Waals surface area contributed by atoms with E-state index in [9.17, 15) is 22.0 Å². The summed E-state index contributed by atoms with van der Waals surface area (Å²) in [4.78, 5) is 20.4. The number of aromatic nitrogens is 1. The predicted octanol–water partition coefficient (Wildman–Crippen LogP) is 7.60. The number of anilines is 1. The van der Waals surface area contributed by atoms with E-state index in [1.807, 2.05) is 30.3 Å². The summed E-state index contributed by atoms with van der Waals surface area (Å²) in [6, 6.07) is 18.2. The van der Waals surface area contributed by atoms with Crippen molar-refractivity contribution in [3.05, 3.63) is 111 Å². The van der Waals surface area contributed by atoms with Crippen molar-refractivity contribution in [3.8, 4) is 17.2 Å². The van der Waals surface area contributed by atoms with Crippen LogP contribution in [-0.4, -0.2) is 83.1 Å². The molecular weight excluding hydrogens is 779 g/mol. The molecule has 0 amide bonds. The van der Waals surface area contributed by atoms with Crippen molar-refractivity contribution in [2.75, 3.05) is 56.6 Å². The second-order valence-corrected chi connectivity index (χ2v) is 16.0. The molecular formula is C39H41Cl2F2N3O8S. The third-order valence-electron chi connectivity index (χ3n) is 9.10. The highest BCUT2D eigenvalue weighted by Crippen LogP contribution is 2.38. The largest absolute Gasteiger partial charge is 0.489 e. The van der Waals surface area contributed by atoms with Gasteiger partial charge in [-0.2, -0.15) is 8.78 Å². The smallest absolute Gasteiger partial charge is 0.387 e. The van der Waals surface area contributed by atoms with Gasteiger partial charge in [0.2, 0.25) is 10.0 Å². The Labute approximate surface area is 329 Å². The van der Waals surface area contributed by atoms with E-state index in [2.05, 4.69) is 9.88 Å². The molecule has 294 valence electrons. The first-order valence-electron chi connectivity index (χ1n) is 17.7. The number of morpholine rings is 1. The van der Waals surface area contributed by atoms with E-state index in [0.717, 1.165) is 24.7 Å². The zero-order valence-electron chi connectivity index (χ0n) is 30.0. The molecule has 3 aromatic carbocycles. The number of hydrogen-bond acceptors (Lipinski definition) is 10. The Hall–Kier alpha value is -4.21. The van der Waals surface area contributed by atoms with E-state index < -0.39 is 28.7 Å². The summed E-state index contributed by atoms with van der Waals surface area (Å²) in [5.74, 6) is -0.408. The lowest BCUT2D eigenvalue weighted by atomic mass is 10.0. The van der Waals surface area contributed by atoms with Gasteiger partial charge in [-0.25, -0.2) is 13.2 Å².